The number of carbonyl (C=O) groups excluding carboxylic acids is 3. The predicted octanol–water partition coefficient (Wildman–Crippen LogP) is 2.65. The van der Waals surface area contributed by atoms with Crippen LogP contribution < -0.4 is 14.8 Å². The van der Waals surface area contributed by atoms with Gasteiger partial charge in [-0.25, -0.2) is 0 Å². The first-order chi connectivity index (χ1) is 13.5. The van der Waals surface area contributed by atoms with E-state index in [1.165, 1.54) is 20.5 Å². The minimum absolute atomic E-state index is 0.179. The van der Waals surface area contributed by atoms with Crippen LogP contribution in [0.3, 0.4) is 0 Å². The predicted molar refractivity (Wildman–Crippen MR) is 103 cm³/mol. The highest BCUT2D eigenvalue weighted by atomic mass is 32.2. The number of hydrogen-bond acceptors (Lipinski definition) is 7. The van der Waals surface area contributed by atoms with Crippen LogP contribution in [0.4, 0.5) is 4.79 Å². The average Bonchev–Trinajstić information content (AvgIpc) is 3.30. The van der Waals surface area contributed by atoms with Gasteiger partial charge in [0.15, 0.2) is 0 Å². The van der Waals surface area contributed by atoms with Gasteiger partial charge in [-0.2, -0.15) is 0 Å². The van der Waals surface area contributed by atoms with Crippen molar-refractivity contribution in [2.75, 3.05) is 20.8 Å². The molecule has 8 nitrogen and oxygen atoms in total. The van der Waals surface area contributed by atoms with Crippen molar-refractivity contribution in [3.05, 3.63) is 52.8 Å². The van der Waals surface area contributed by atoms with Crippen LogP contribution in [0.1, 0.15) is 11.3 Å². The number of imide groups is 1. The lowest BCUT2D eigenvalue weighted by Gasteiger charge is -2.12. The van der Waals surface area contributed by atoms with Crippen molar-refractivity contribution in [1.82, 2.24) is 10.2 Å². The van der Waals surface area contributed by atoms with Crippen molar-refractivity contribution >= 4 is 34.9 Å². The molecule has 0 aliphatic carbocycles. The van der Waals surface area contributed by atoms with E-state index < -0.39 is 17.1 Å². The normalized spacial score (nSPS) is 15.2. The molecule has 0 saturated carbocycles. The van der Waals surface area contributed by atoms with E-state index in [1.54, 1.807) is 36.4 Å². The number of methoxy groups -OCH3 is 2. The lowest BCUT2D eigenvalue weighted by molar-refractivity contribution is -0.129. The maximum Gasteiger partial charge on any atom is 0.294 e. The second kappa shape index (κ2) is 8.66. The van der Waals surface area contributed by atoms with Gasteiger partial charge in [-0.15, -0.1) is 0 Å². The summed E-state index contributed by atoms with van der Waals surface area (Å²) in [6.07, 6.45) is 3.04. The molecule has 1 aromatic heterocycles. The van der Waals surface area contributed by atoms with Crippen molar-refractivity contribution in [3.8, 4) is 11.5 Å². The molecule has 28 heavy (non-hydrogen) atoms. The zero-order chi connectivity index (χ0) is 20.1. The maximum absolute atomic E-state index is 12.6. The number of hydrogen-bond donors (Lipinski definition) is 1. The van der Waals surface area contributed by atoms with Crippen LogP contribution in [0.5, 0.6) is 11.5 Å². The van der Waals surface area contributed by atoms with Gasteiger partial charge < -0.3 is 19.2 Å². The van der Waals surface area contributed by atoms with E-state index in [9.17, 15) is 14.4 Å². The third-order valence-electron chi connectivity index (χ3n) is 3.94. The highest BCUT2D eigenvalue weighted by Gasteiger charge is 2.36. The van der Waals surface area contributed by atoms with Gasteiger partial charge in [-0.3, -0.25) is 19.3 Å². The van der Waals surface area contributed by atoms with E-state index in [2.05, 4.69) is 5.32 Å². The van der Waals surface area contributed by atoms with Crippen molar-refractivity contribution in [1.29, 1.82) is 0 Å². The third-order valence-corrected chi connectivity index (χ3v) is 4.85. The van der Waals surface area contributed by atoms with Crippen LogP contribution in [0.15, 0.2) is 45.9 Å². The Hall–Kier alpha value is -3.20. The first-order valence-corrected chi connectivity index (χ1v) is 9.10. The summed E-state index contributed by atoms with van der Waals surface area (Å²) in [5.74, 6) is 0.701. The molecule has 0 spiro atoms. The van der Waals surface area contributed by atoms with E-state index in [0.29, 0.717) is 22.8 Å². The molecule has 146 valence electrons. The molecule has 3 rings (SSSR count). The molecule has 2 aromatic rings. The fraction of sp³-hybridized carbons (Fsp3) is 0.211. The second-order valence-corrected chi connectivity index (χ2v) is 6.73. The highest BCUT2D eigenvalue weighted by Crippen LogP contribution is 2.34. The van der Waals surface area contributed by atoms with E-state index >= 15 is 0 Å². The van der Waals surface area contributed by atoms with Crippen LogP contribution in [-0.4, -0.2) is 42.7 Å². The largest absolute Gasteiger partial charge is 0.497 e. The molecule has 1 fully saturated rings. The monoisotopic (exact) mass is 402 g/mol. The quantitative estimate of drug-likeness (QED) is 0.711. The lowest BCUT2D eigenvalue weighted by Crippen LogP contribution is -2.39. The third kappa shape index (κ3) is 4.37. The van der Waals surface area contributed by atoms with Gasteiger partial charge in [0.1, 0.15) is 23.8 Å². The summed E-state index contributed by atoms with van der Waals surface area (Å²) >= 11 is 0.771. The summed E-state index contributed by atoms with van der Waals surface area (Å²) in [5.41, 5.74) is 0.592. The van der Waals surface area contributed by atoms with Gasteiger partial charge in [-0.1, -0.05) is 0 Å². The Kier molecular flexibility index (Phi) is 6.05. The van der Waals surface area contributed by atoms with E-state index in [4.69, 9.17) is 13.9 Å². The van der Waals surface area contributed by atoms with Crippen molar-refractivity contribution < 1.29 is 28.3 Å². The molecule has 0 bridgehead atoms. The Balaban J connectivity index is 1.71. The molecular formula is C19H18N2O6S. The van der Waals surface area contributed by atoms with Gasteiger partial charge in [0.25, 0.3) is 11.1 Å². The molecule has 1 aliphatic rings. The summed E-state index contributed by atoms with van der Waals surface area (Å²) in [4.78, 5) is 38.0. The topological polar surface area (TPSA) is 98.1 Å². The number of nitrogens with one attached hydrogen (secondary N) is 1. The van der Waals surface area contributed by atoms with Crippen LogP contribution >= 0.6 is 11.8 Å². The Morgan fingerprint density at radius 2 is 2.07 bits per heavy atom. The fourth-order valence-electron chi connectivity index (χ4n) is 2.53. The number of ether oxygens (including phenoxy) is 2. The fourth-order valence-corrected chi connectivity index (χ4v) is 3.36. The van der Waals surface area contributed by atoms with Crippen LogP contribution in [0, 0.1) is 0 Å². The molecule has 0 unspecified atom stereocenters. The minimum atomic E-state index is -0.534. The zero-order valence-corrected chi connectivity index (χ0v) is 16.1. The summed E-state index contributed by atoms with van der Waals surface area (Å²) in [5, 5.41) is 2.10. The number of amides is 3. The molecule has 1 aliphatic heterocycles. The summed E-state index contributed by atoms with van der Waals surface area (Å²) in [6, 6.07) is 8.55. The summed E-state index contributed by atoms with van der Waals surface area (Å²) < 4.78 is 15.6. The highest BCUT2D eigenvalue weighted by molar-refractivity contribution is 8.18. The Bertz CT molecular complexity index is 923. The summed E-state index contributed by atoms with van der Waals surface area (Å²) in [7, 11) is 3.04. The molecule has 0 radical (unpaired) electrons. The number of furan rings is 1. The number of carbonyl (C=O) groups is 3. The second-order valence-electron chi connectivity index (χ2n) is 5.73. The lowest BCUT2D eigenvalue weighted by atomic mass is 10.1. The van der Waals surface area contributed by atoms with E-state index in [-0.39, 0.29) is 18.0 Å². The Morgan fingerprint density at radius 1 is 1.25 bits per heavy atom. The molecule has 0 atom stereocenters. The van der Waals surface area contributed by atoms with E-state index in [1.807, 2.05) is 0 Å². The van der Waals surface area contributed by atoms with Crippen LogP contribution in [0.2, 0.25) is 0 Å². The van der Waals surface area contributed by atoms with Gasteiger partial charge in [0.05, 0.1) is 31.9 Å². The number of rotatable bonds is 7. The first kappa shape index (κ1) is 19.6. The van der Waals surface area contributed by atoms with Crippen molar-refractivity contribution in [2.24, 2.45) is 0 Å². The van der Waals surface area contributed by atoms with Crippen molar-refractivity contribution in [2.45, 2.75) is 6.54 Å². The molecular weight excluding hydrogens is 384 g/mol. The maximum atomic E-state index is 12.6. The van der Waals surface area contributed by atoms with Crippen molar-refractivity contribution in [3.63, 3.8) is 0 Å². The molecule has 1 aromatic carbocycles. The first-order valence-electron chi connectivity index (χ1n) is 8.28. The number of thioether (sulfide) groups is 1. The van der Waals surface area contributed by atoms with Crippen LogP contribution in [0.25, 0.3) is 6.08 Å². The molecule has 9 heteroatoms. The minimum Gasteiger partial charge on any atom is -0.497 e. The average molecular weight is 402 g/mol. The smallest absolute Gasteiger partial charge is 0.294 e. The molecule has 1 N–H and O–H groups in total. The van der Waals surface area contributed by atoms with Gasteiger partial charge in [-0.05, 0) is 48.2 Å². The van der Waals surface area contributed by atoms with Gasteiger partial charge in [0.2, 0.25) is 5.91 Å². The van der Waals surface area contributed by atoms with Crippen LogP contribution in [-0.2, 0) is 16.1 Å². The Labute approximate surface area is 165 Å². The number of nitrogens with zero attached hydrogens (tertiary/aromatic N) is 1. The zero-order valence-electron chi connectivity index (χ0n) is 15.3. The standard InChI is InChI=1S/C19H18N2O6S/c1-25-13-5-6-15(26-2)12(8-13)9-16-18(23)21(19(24)28-16)11-17(22)20-10-14-4-3-7-27-14/h3-9H,10-11H2,1-2H3,(H,20,22)/b16-9-. The Morgan fingerprint density at radius 3 is 2.75 bits per heavy atom. The molecule has 3 amide bonds. The SMILES string of the molecule is COc1ccc(OC)c(/C=C2\SC(=O)N(CC(=O)NCc3ccco3)C2=O)c1. The van der Waals surface area contributed by atoms with E-state index in [0.717, 1.165) is 16.7 Å². The van der Waals surface area contributed by atoms with Gasteiger partial charge in [0, 0.05) is 5.56 Å². The molecule has 1 saturated heterocycles. The van der Waals surface area contributed by atoms with Gasteiger partial charge >= 0.3 is 0 Å². The molecule has 2 heterocycles. The number of benzene rings is 1. The summed E-state index contributed by atoms with van der Waals surface area (Å²) in [6.45, 7) is -0.184.